The van der Waals surface area contributed by atoms with E-state index in [9.17, 15) is 4.79 Å². The zero-order valence-corrected chi connectivity index (χ0v) is 13.0. The summed E-state index contributed by atoms with van der Waals surface area (Å²) in [5, 5.41) is 0. The highest BCUT2D eigenvalue weighted by molar-refractivity contribution is 5.69. The van der Waals surface area contributed by atoms with Crippen molar-refractivity contribution in [2.24, 2.45) is 0 Å². The summed E-state index contributed by atoms with van der Waals surface area (Å²) in [5.74, 6) is 0.825. The molecular weight excluding hydrogens is 266 g/mol. The van der Waals surface area contributed by atoms with Crippen LogP contribution in [0.3, 0.4) is 0 Å². The van der Waals surface area contributed by atoms with E-state index >= 15 is 0 Å². The van der Waals surface area contributed by atoms with E-state index in [4.69, 9.17) is 9.47 Å². The Balaban J connectivity index is 1.82. The highest BCUT2D eigenvalue weighted by atomic mass is 16.5. The van der Waals surface area contributed by atoms with Gasteiger partial charge in [0, 0.05) is 12.6 Å². The summed E-state index contributed by atoms with van der Waals surface area (Å²) in [6, 6.07) is 8.35. The monoisotopic (exact) mass is 291 g/mol. The minimum Gasteiger partial charge on any atom is -0.492 e. The van der Waals surface area contributed by atoms with Gasteiger partial charge in [0.15, 0.2) is 0 Å². The summed E-state index contributed by atoms with van der Waals surface area (Å²) < 4.78 is 10.7. The number of para-hydroxylation sites is 1. The van der Waals surface area contributed by atoms with E-state index in [1.54, 1.807) is 0 Å². The van der Waals surface area contributed by atoms with Crippen molar-refractivity contribution in [2.45, 2.75) is 38.6 Å². The summed E-state index contributed by atoms with van der Waals surface area (Å²) in [7, 11) is 1.46. The van der Waals surface area contributed by atoms with Gasteiger partial charge in [-0.2, -0.15) is 0 Å². The fourth-order valence-corrected chi connectivity index (χ4v) is 2.85. The molecule has 0 spiro atoms. The lowest BCUT2D eigenvalue weighted by Crippen LogP contribution is -2.43. The smallest absolute Gasteiger partial charge is 0.307 e. The maximum Gasteiger partial charge on any atom is 0.307 e. The predicted molar refractivity (Wildman–Crippen MR) is 82.5 cm³/mol. The first kappa shape index (κ1) is 15.8. The molecule has 0 saturated carbocycles. The first-order valence-electron chi connectivity index (χ1n) is 7.70. The molecule has 0 amide bonds. The largest absolute Gasteiger partial charge is 0.492 e. The molecule has 1 heterocycles. The first-order valence-corrected chi connectivity index (χ1v) is 7.70. The molecule has 1 aromatic carbocycles. The van der Waals surface area contributed by atoms with E-state index in [1.807, 2.05) is 18.2 Å². The number of carbonyl (C=O) groups is 1. The normalized spacial score (nSPS) is 19.2. The molecule has 4 heteroatoms. The minimum absolute atomic E-state index is 0.119. The van der Waals surface area contributed by atoms with Crippen molar-refractivity contribution < 1.29 is 14.3 Å². The van der Waals surface area contributed by atoms with Crippen molar-refractivity contribution in [3.05, 3.63) is 29.8 Å². The molecule has 21 heavy (non-hydrogen) atoms. The second kappa shape index (κ2) is 8.03. The van der Waals surface area contributed by atoms with Gasteiger partial charge in [-0.3, -0.25) is 9.69 Å². The number of benzene rings is 1. The topological polar surface area (TPSA) is 38.8 Å². The molecule has 1 aliphatic heterocycles. The molecule has 0 bridgehead atoms. The maximum absolute atomic E-state index is 11.5. The number of ether oxygens (including phenoxy) is 2. The van der Waals surface area contributed by atoms with Gasteiger partial charge in [0.2, 0.25) is 0 Å². The van der Waals surface area contributed by atoms with Crippen LogP contribution in [-0.4, -0.2) is 43.7 Å². The number of rotatable bonds is 6. The number of methoxy groups -OCH3 is 1. The standard InChI is InChI=1S/C17H25NO3/c1-14-7-3-4-9-16(14)21-12-11-18-10-6-5-8-15(18)13-17(19)20-2/h3-4,7,9,15H,5-6,8,10-13H2,1-2H3. The zero-order valence-electron chi connectivity index (χ0n) is 13.0. The molecule has 0 aromatic heterocycles. The number of carbonyl (C=O) groups excluding carboxylic acids is 1. The third-order valence-electron chi connectivity index (χ3n) is 4.11. The molecule has 4 nitrogen and oxygen atoms in total. The highest BCUT2D eigenvalue weighted by Crippen LogP contribution is 2.20. The van der Waals surface area contributed by atoms with Gasteiger partial charge in [-0.25, -0.2) is 0 Å². The van der Waals surface area contributed by atoms with Crippen LogP contribution < -0.4 is 4.74 Å². The average molecular weight is 291 g/mol. The Bertz CT molecular complexity index is 461. The Morgan fingerprint density at radius 1 is 1.33 bits per heavy atom. The van der Waals surface area contributed by atoms with Gasteiger partial charge in [0.1, 0.15) is 12.4 Å². The first-order chi connectivity index (χ1) is 10.2. The van der Waals surface area contributed by atoms with E-state index in [0.29, 0.717) is 19.1 Å². The van der Waals surface area contributed by atoms with Crippen molar-refractivity contribution in [1.82, 2.24) is 4.90 Å². The number of esters is 1. The lowest BCUT2D eigenvalue weighted by molar-refractivity contribution is -0.142. The summed E-state index contributed by atoms with van der Waals surface area (Å²) in [6.45, 7) is 4.60. The van der Waals surface area contributed by atoms with E-state index < -0.39 is 0 Å². The summed E-state index contributed by atoms with van der Waals surface area (Å²) in [5.41, 5.74) is 1.15. The van der Waals surface area contributed by atoms with Gasteiger partial charge >= 0.3 is 5.97 Å². The number of piperidine rings is 1. The molecule has 0 aliphatic carbocycles. The van der Waals surface area contributed by atoms with Crippen LogP contribution in [0.5, 0.6) is 5.75 Å². The van der Waals surface area contributed by atoms with E-state index in [1.165, 1.54) is 20.0 Å². The van der Waals surface area contributed by atoms with Crippen LogP contribution >= 0.6 is 0 Å². The Morgan fingerprint density at radius 3 is 2.90 bits per heavy atom. The zero-order chi connectivity index (χ0) is 15.1. The minimum atomic E-state index is -0.119. The number of hydrogen-bond donors (Lipinski definition) is 0. The van der Waals surface area contributed by atoms with Gasteiger partial charge in [-0.05, 0) is 37.9 Å². The van der Waals surface area contributed by atoms with Gasteiger partial charge in [0.05, 0.1) is 13.5 Å². The van der Waals surface area contributed by atoms with Crippen molar-refractivity contribution in [1.29, 1.82) is 0 Å². The number of aryl methyl sites for hydroxylation is 1. The van der Waals surface area contributed by atoms with E-state index in [-0.39, 0.29) is 5.97 Å². The Kier molecular flexibility index (Phi) is 6.05. The Morgan fingerprint density at radius 2 is 2.14 bits per heavy atom. The molecule has 2 rings (SSSR count). The molecule has 1 unspecified atom stereocenters. The van der Waals surface area contributed by atoms with Gasteiger partial charge in [-0.15, -0.1) is 0 Å². The average Bonchev–Trinajstić information content (AvgIpc) is 2.50. The molecule has 1 aromatic rings. The molecule has 1 atom stereocenters. The number of likely N-dealkylation sites (tertiary alicyclic amines) is 1. The molecule has 1 aliphatic rings. The molecule has 0 radical (unpaired) electrons. The van der Waals surface area contributed by atoms with Crippen LogP contribution in [0.15, 0.2) is 24.3 Å². The Hall–Kier alpha value is -1.55. The summed E-state index contributed by atoms with van der Waals surface area (Å²) in [6.07, 6.45) is 3.94. The number of hydrogen-bond acceptors (Lipinski definition) is 4. The van der Waals surface area contributed by atoms with E-state index in [0.717, 1.165) is 30.8 Å². The van der Waals surface area contributed by atoms with Crippen molar-refractivity contribution in [3.8, 4) is 5.75 Å². The van der Waals surface area contributed by atoms with Gasteiger partial charge in [0.25, 0.3) is 0 Å². The van der Waals surface area contributed by atoms with Crippen LogP contribution in [0.2, 0.25) is 0 Å². The van der Waals surface area contributed by atoms with Crippen LogP contribution in [0.25, 0.3) is 0 Å². The lowest BCUT2D eigenvalue weighted by Gasteiger charge is -2.35. The Labute approximate surface area is 127 Å². The second-order valence-electron chi connectivity index (χ2n) is 5.58. The summed E-state index contributed by atoms with van der Waals surface area (Å²) in [4.78, 5) is 13.8. The molecule has 0 N–H and O–H groups in total. The quantitative estimate of drug-likeness (QED) is 0.756. The van der Waals surface area contributed by atoms with Crippen molar-refractivity contribution in [3.63, 3.8) is 0 Å². The molecule has 1 saturated heterocycles. The van der Waals surface area contributed by atoms with Crippen molar-refractivity contribution >= 4 is 5.97 Å². The maximum atomic E-state index is 11.5. The third-order valence-corrected chi connectivity index (χ3v) is 4.11. The molecular formula is C17H25NO3. The van der Waals surface area contributed by atoms with Crippen LogP contribution in [0.4, 0.5) is 0 Å². The van der Waals surface area contributed by atoms with Crippen LogP contribution in [0, 0.1) is 6.92 Å². The lowest BCUT2D eigenvalue weighted by atomic mass is 9.99. The molecule has 116 valence electrons. The summed E-state index contributed by atoms with van der Waals surface area (Å²) >= 11 is 0. The molecule has 1 fully saturated rings. The second-order valence-corrected chi connectivity index (χ2v) is 5.58. The highest BCUT2D eigenvalue weighted by Gasteiger charge is 2.24. The van der Waals surface area contributed by atoms with Crippen LogP contribution in [0.1, 0.15) is 31.2 Å². The van der Waals surface area contributed by atoms with Crippen LogP contribution in [-0.2, 0) is 9.53 Å². The predicted octanol–water partition coefficient (Wildman–Crippen LogP) is 2.79. The number of nitrogens with zero attached hydrogens (tertiary/aromatic N) is 1. The fourth-order valence-electron chi connectivity index (χ4n) is 2.85. The van der Waals surface area contributed by atoms with Gasteiger partial charge in [-0.1, -0.05) is 24.6 Å². The van der Waals surface area contributed by atoms with Gasteiger partial charge < -0.3 is 9.47 Å². The fraction of sp³-hybridized carbons (Fsp3) is 0.588. The SMILES string of the molecule is COC(=O)CC1CCCCN1CCOc1ccccc1C. The van der Waals surface area contributed by atoms with Crippen molar-refractivity contribution in [2.75, 3.05) is 26.8 Å². The van der Waals surface area contributed by atoms with E-state index in [2.05, 4.69) is 17.9 Å². The third kappa shape index (κ3) is 4.74.